The van der Waals surface area contributed by atoms with E-state index in [2.05, 4.69) is 47.9 Å². The van der Waals surface area contributed by atoms with Crippen LogP contribution in [-0.2, 0) is 13.1 Å². The van der Waals surface area contributed by atoms with Gasteiger partial charge >= 0.3 is 0 Å². The van der Waals surface area contributed by atoms with Crippen LogP contribution in [0.5, 0.6) is 23.0 Å². The van der Waals surface area contributed by atoms with E-state index < -0.39 is 9.85 Å². The molecule has 0 unspecified atom stereocenters. The highest BCUT2D eigenvalue weighted by molar-refractivity contribution is 5.40. The van der Waals surface area contributed by atoms with Crippen molar-refractivity contribution >= 4 is 11.4 Å². The zero-order valence-corrected chi connectivity index (χ0v) is 29.4. The van der Waals surface area contributed by atoms with Gasteiger partial charge in [0, 0.05) is 37.4 Å². The highest BCUT2D eigenvalue weighted by Crippen LogP contribution is 2.26. The summed E-state index contributed by atoms with van der Waals surface area (Å²) < 4.78 is 11.8. The lowest BCUT2D eigenvalue weighted by Gasteiger charge is -2.23. The van der Waals surface area contributed by atoms with Gasteiger partial charge in [-0.3, -0.25) is 30.0 Å². The van der Waals surface area contributed by atoms with Crippen LogP contribution in [0.15, 0.2) is 97.1 Å². The Hall–Kier alpha value is -4.80. The van der Waals surface area contributed by atoms with E-state index in [1.807, 2.05) is 24.3 Å². The molecule has 0 radical (unpaired) electrons. The van der Waals surface area contributed by atoms with E-state index in [-0.39, 0.29) is 11.4 Å². The molecule has 0 amide bonds. The lowest BCUT2D eigenvalue weighted by atomic mass is 10.1. The average molecular weight is 683 g/mol. The Labute approximate surface area is 295 Å². The van der Waals surface area contributed by atoms with E-state index in [0.29, 0.717) is 23.0 Å². The number of nitrogens with zero attached hydrogens (tertiary/aromatic N) is 4. The SMILES string of the molecule is CCCCN(CCCCCCN(CCCC)Cc1ccc(Oc2ccc([N+](=O)[O-])cc2)cc1)Cc1ccc(Oc2ccc([N+](=O)[O-])cc2)cc1. The molecule has 0 saturated heterocycles. The van der Waals surface area contributed by atoms with Gasteiger partial charge in [-0.2, -0.15) is 0 Å². The van der Waals surface area contributed by atoms with E-state index in [1.165, 1.54) is 86.8 Å². The molecule has 4 aromatic carbocycles. The number of nitro groups is 2. The summed E-state index contributed by atoms with van der Waals surface area (Å²) in [6.45, 7) is 10.6. The van der Waals surface area contributed by atoms with E-state index in [4.69, 9.17) is 9.47 Å². The monoisotopic (exact) mass is 682 g/mol. The van der Waals surface area contributed by atoms with E-state index in [0.717, 1.165) is 39.3 Å². The molecule has 4 aromatic rings. The van der Waals surface area contributed by atoms with Gasteiger partial charge in [-0.25, -0.2) is 0 Å². The van der Waals surface area contributed by atoms with Crippen molar-refractivity contribution in [3.05, 3.63) is 128 Å². The van der Waals surface area contributed by atoms with Crippen LogP contribution in [0, 0.1) is 20.2 Å². The smallest absolute Gasteiger partial charge is 0.269 e. The Bertz CT molecular complexity index is 1460. The summed E-state index contributed by atoms with van der Waals surface area (Å²) in [4.78, 5) is 26.1. The van der Waals surface area contributed by atoms with Gasteiger partial charge in [-0.15, -0.1) is 0 Å². The fourth-order valence-corrected chi connectivity index (χ4v) is 5.71. The van der Waals surface area contributed by atoms with Crippen LogP contribution >= 0.6 is 0 Å². The number of ether oxygens (including phenoxy) is 2. The summed E-state index contributed by atoms with van der Waals surface area (Å²) in [5.74, 6) is 2.57. The zero-order valence-electron chi connectivity index (χ0n) is 29.4. The Morgan fingerprint density at radius 1 is 0.460 bits per heavy atom. The first-order valence-corrected chi connectivity index (χ1v) is 17.8. The van der Waals surface area contributed by atoms with Crippen LogP contribution < -0.4 is 9.47 Å². The minimum Gasteiger partial charge on any atom is -0.457 e. The average Bonchev–Trinajstić information content (AvgIpc) is 3.12. The second kappa shape index (κ2) is 20.7. The molecule has 10 heteroatoms. The number of hydrogen-bond acceptors (Lipinski definition) is 8. The van der Waals surface area contributed by atoms with Gasteiger partial charge in [-0.05, 0) is 112 Å². The number of nitro benzene ring substituents is 2. The van der Waals surface area contributed by atoms with Crippen molar-refractivity contribution < 1.29 is 19.3 Å². The van der Waals surface area contributed by atoms with Crippen LogP contribution in [0.4, 0.5) is 11.4 Å². The molecule has 0 spiro atoms. The second-order valence-electron chi connectivity index (χ2n) is 12.7. The minimum atomic E-state index is -0.416. The number of unbranched alkanes of at least 4 members (excludes halogenated alkanes) is 5. The van der Waals surface area contributed by atoms with Crippen molar-refractivity contribution in [1.29, 1.82) is 0 Å². The Balaban J connectivity index is 1.18. The molecule has 0 fully saturated rings. The molecule has 0 N–H and O–H groups in total. The normalized spacial score (nSPS) is 11.2. The number of rotatable bonds is 23. The molecule has 0 atom stereocenters. The summed E-state index contributed by atoms with van der Waals surface area (Å²) in [5, 5.41) is 21.8. The lowest BCUT2D eigenvalue weighted by Crippen LogP contribution is -2.26. The molecule has 0 saturated carbocycles. The van der Waals surface area contributed by atoms with Gasteiger partial charge in [0.25, 0.3) is 11.4 Å². The molecule has 0 bridgehead atoms. The van der Waals surface area contributed by atoms with Crippen LogP contribution in [0.3, 0.4) is 0 Å². The zero-order chi connectivity index (χ0) is 35.6. The van der Waals surface area contributed by atoms with Gasteiger partial charge in [0.2, 0.25) is 0 Å². The summed E-state index contributed by atoms with van der Waals surface area (Å²) >= 11 is 0. The third-order valence-corrected chi connectivity index (χ3v) is 8.58. The van der Waals surface area contributed by atoms with Gasteiger partial charge in [0.1, 0.15) is 23.0 Å². The number of non-ortho nitro benzene ring substituents is 2. The quantitative estimate of drug-likeness (QED) is 0.0432. The van der Waals surface area contributed by atoms with Crippen LogP contribution in [0.25, 0.3) is 0 Å². The summed E-state index contributed by atoms with van der Waals surface area (Å²) in [6.07, 6.45) is 9.47. The molecule has 0 aliphatic carbocycles. The molecule has 0 heterocycles. The van der Waals surface area contributed by atoms with Crippen molar-refractivity contribution in [3.8, 4) is 23.0 Å². The van der Waals surface area contributed by atoms with Crippen molar-refractivity contribution in [3.63, 3.8) is 0 Å². The molecule has 10 nitrogen and oxygen atoms in total. The van der Waals surface area contributed by atoms with Gasteiger partial charge in [0.15, 0.2) is 0 Å². The maximum absolute atomic E-state index is 10.9. The first-order chi connectivity index (χ1) is 24.3. The third kappa shape index (κ3) is 13.2. The fourth-order valence-electron chi connectivity index (χ4n) is 5.71. The van der Waals surface area contributed by atoms with Gasteiger partial charge in [0.05, 0.1) is 9.85 Å². The van der Waals surface area contributed by atoms with Crippen molar-refractivity contribution in [2.24, 2.45) is 0 Å². The first kappa shape index (κ1) is 38.0. The van der Waals surface area contributed by atoms with E-state index >= 15 is 0 Å². The second-order valence-corrected chi connectivity index (χ2v) is 12.7. The predicted molar refractivity (Wildman–Crippen MR) is 198 cm³/mol. The third-order valence-electron chi connectivity index (χ3n) is 8.58. The number of hydrogen-bond donors (Lipinski definition) is 0. The minimum absolute atomic E-state index is 0.0452. The van der Waals surface area contributed by atoms with E-state index in [1.54, 1.807) is 24.3 Å². The van der Waals surface area contributed by atoms with Crippen LogP contribution in [0.1, 0.15) is 76.3 Å². The number of benzene rings is 4. The first-order valence-electron chi connectivity index (χ1n) is 17.8. The van der Waals surface area contributed by atoms with Crippen molar-refractivity contribution in [2.75, 3.05) is 26.2 Å². The maximum atomic E-state index is 10.9. The topological polar surface area (TPSA) is 111 Å². The lowest BCUT2D eigenvalue weighted by molar-refractivity contribution is -0.385. The fraction of sp³-hybridized carbons (Fsp3) is 0.400. The molecule has 4 rings (SSSR count). The Kier molecular flexibility index (Phi) is 15.7. The standard InChI is InChI=1S/C40H50N4O6/c1-3-5-27-41(31-33-11-19-37(20-12-33)49-39-23-15-35(16-24-39)43(45)46)29-9-7-8-10-30-42(28-6-4-2)32-34-13-21-38(22-14-34)50-40-25-17-36(18-26-40)44(47)48/h11-26H,3-10,27-32H2,1-2H3. The Morgan fingerprint density at radius 3 is 1.06 bits per heavy atom. The molecular weight excluding hydrogens is 632 g/mol. The predicted octanol–water partition coefficient (Wildman–Crippen LogP) is 10.6. The molecule has 0 aliphatic heterocycles. The molecule has 50 heavy (non-hydrogen) atoms. The maximum Gasteiger partial charge on any atom is 0.269 e. The Morgan fingerprint density at radius 2 is 0.760 bits per heavy atom. The molecule has 0 aromatic heterocycles. The molecule has 266 valence electrons. The highest BCUT2D eigenvalue weighted by Gasteiger charge is 2.10. The summed E-state index contributed by atoms with van der Waals surface area (Å²) in [6, 6.07) is 28.5. The summed E-state index contributed by atoms with van der Waals surface area (Å²) in [7, 11) is 0. The van der Waals surface area contributed by atoms with Crippen molar-refractivity contribution in [2.45, 2.75) is 78.3 Å². The van der Waals surface area contributed by atoms with Crippen molar-refractivity contribution in [1.82, 2.24) is 9.80 Å². The van der Waals surface area contributed by atoms with Crippen LogP contribution in [0.2, 0.25) is 0 Å². The van der Waals surface area contributed by atoms with Crippen LogP contribution in [-0.4, -0.2) is 45.8 Å². The molecular formula is C40H50N4O6. The molecule has 0 aliphatic rings. The van der Waals surface area contributed by atoms with Gasteiger partial charge < -0.3 is 9.47 Å². The van der Waals surface area contributed by atoms with E-state index in [9.17, 15) is 20.2 Å². The highest BCUT2D eigenvalue weighted by atomic mass is 16.6. The summed E-state index contributed by atoms with van der Waals surface area (Å²) in [5.41, 5.74) is 2.58. The largest absolute Gasteiger partial charge is 0.457 e. The van der Waals surface area contributed by atoms with Gasteiger partial charge in [-0.1, -0.05) is 63.8 Å².